The van der Waals surface area contributed by atoms with Crippen LogP contribution in [0.3, 0.4) is 0 Å². The van der Waals surface area contributed by atoms with Gasteiger partial charge in [0.2, 0.25) is 5.91 Å². The molecule has 14 heteroatoms. The molecule has 2 N–H and O–H groups in total. The summed E-state index contributed by atoms with van der Waals surface area (Å²) in [5, 5.41) is 4.83. The quantitative estimate of drug-likeness (QED) is 0.314. The first-order valence-electron chi connectivity index (χ1n) is 12.2. The molecule has 0 radical (unpaired) electrons. The molecule has 3 heterocycles. The van der Waals surface area contributed by atoms with Crippen LogP contribution in [0.4, 0.5) is 33.9 Å². The zero-order valence-electron chi connectivity index (χ0n) is 21.1. The van der Waals surface area contributed by atoms with Crippen LogP contribution >= 0.6 is 0 Å². The molecular formula is C26H23F4N7O3. The average Bonchev–Trinajstić information content (AvgIpc) is 3.49. The summed E-state index contributed by atoms with van der Waals surface area (Å²) in [4.78, 5) is 36.8. The topological polar surface area (TPSA) is 114 Å². The van der Waals surface area contributed by atoms with Gasteiger partial charge in [0, 0.05) is 12.5 Å². The van der Waals surface area contributed by atoms with Gasteiger partial charge in [0.25, 0.3) is 0 Å². The van der Waals surface area contributed by atoms with E-state index < -0.39 is 30.7 Å². The van der Waals surface area contributed by atoms with Crippen molar-refractivity contribution in [2.45, 2.75) is 25.7 Å². The Hall–Kier alpha value is -4.75. The highest BCUT2D eigenvalue weighted by Crippen LogP contribution is 2.30. The Morgan fingerprint density at radius 2 is 1.90 bits per heavy atom. The smallest absolute Gasteiger partial charge is 0.414 e. The first-order chi connectivity index (χ1) is 19.1. The van der Waals surface area contributed by atoms with Crippen molar-refractivity contribution in [1.29, 1.82) is 0 Å². The standard InChI is InChI=1S/C26H23F4N7O3/c1-15(38)31-9-19-11-37(25(39)40-19)18-6-7-20(21(27)8-18)17-4-2-16(3-5-17)10-36-14-35-22-23(32-12-26(28,29)30)33-13-34-24(22)36/h2-8,13-14,19H,9-12H2,1H3,(H,31,38)(H,32,33,34)/t19-/m0/s1. The summed E-state index contributed by atoms with van der Waals surface area (Å²) in [6, 6.07) is 11.5. The van der Waals surface area contributed by atoms with Gasteiger partial charge in [-0.05, 0) is 29.3 Å². The Morgan fingerprint density at radius 3 is 2.60 bits per heavy atom. The van der Waals surface area contributed by atoms with E-state index in [9.17, 15) is 22.8 Å². The number of nitrogens with one attached hydrogen (secondary N) is 2. The maximum absolute atomic E-state index is 15.1. The number of halogens is 4. The van der Waals surface area contributed by atoms with Gasteiger partial charge in [-0.25, -0.2) is 24.1 Å². The average molecular weight is 558 g/mol. The van der Waals surface area contributed by atoms with E-state index in [1.165, 1.54) is 30.5 Å². The largest absolute Gasteiger partial charge is 0.442 e. The van der Waals surface area contributed by atoms with E-state index in [2.05, 4.69) is 25.6 Å². The second kappa shape index (κ2) is 10.8. The maximum atomic E-state index is 15.1. The van der Waals surface area contributed by atoms with E-state index in [4.69, 9.17) is 4.74 Å². The van der Waals surface area contributed by atoms with Crippen LogP contribution in [0.25, 0.3) is 22.3 Å². The molecule has 1 fully saturated rings. The summed E-state index contributed by atoms with van der Waals surface area (Å²) >= 11 is 0. The third kappa shape index (κ3) is 5.95. The number of benzene rings is 2. The fourth-order valence-electron chi connectivity index (χ4n) is 4.30. The van der Waals surface area contributed by atoms with Crippen molar-refractivity contribution in [2.24, 2.45) is 0 Å². The molecular weight excluding hydrogens is 534 g/mol. The lowest BCUT2D eigenvalue weighted by atomic mass is 10.0. The van der Waals surface area contributed by atoms with E-state index in [1.54, 1.807) is 41.0 Å². The molecule has 2 aromatic heterocycles. The van der Waals surface area contributed by atoms with Crippen LogP contribution in [0.15, 0.2) is 55.1 Å². The molecule has 0 bridgehead atoms. The third-order valence-electron chi connectivity index (χ3n) is 6.19. The predicted molar refractivity (Wildman–Crippen MR) is 137 cm³/mol. The lowest BCUT2D eigenvalue weighted by Crippen LogP contribution is -2.33. The van der Waals surface area contributed by atoms with Crippen molar-refractivity contribution in [3.05, 3.63) is 66.5 Å². The van der Waals surface area contributed by atoms with Gasteiger partial charge in [-0.1, -0.05) is 24.3 Å². The van der Waals surface area contributed by atoms with Crippen LogP contribution in [-0.4, -0.2) is 63.4 Å². The zero-order valence-corrected chi connectivity index (χ0v) is 21.1. The second-order valence-electron chi connectivity index (χ2n) is 9.15. The number of imidazole rings is 1. The minimum atomic E-state index is -4.40. The molecule has 0 aliphatic carbocycles. The fraction of sp³-hybridized carbons (Fsp3) is 0.269. The summed E-state index contributed by atoms with van der Waals surface area (Å²) in [6.45, 7) is 0.794. The number of fused-ring (bicyclic) bond motifs is 1. The molecule has 2 amide bonds. The Labute approximate surface area is 225 Å². The lowest BCUT2D eigenvalue weighted by Gasteiger charge is -2.15. The summed E-state index contributed by atoms with van der Waals surface area (Å²) in [7, 11) is 0. The Morgan fingerprint density at radius 1 is 1.12 bits per heavy atom. The molecule has 0 saturated carbocycles. The fourth-order valence-corrected chi connectivity index (χ4v) is 4.30. The number of ether oxygens (including phenoxy) is 1. The molecule has 1 atom stereocenters. The van der Waals surface area contributed by atoms with Gasteiger partial charge in [0.1, 0.15) is 30.3 Å². The summed E-state index contributed by atoms with van der Waals surface area (Å²) < 4.78 is 59.8. The molecule has 10 nitrogen and oxygen atoms in total. The van der Waals surface area contributed by atoms with E-state index in [-0.39, 0.29) is 30.3 Å². The van der Waals surface area contributed by atoms with Crippen molar-refractivity contribution in [3.8, 4) is 11.1 Å². The SMILES string of the molecule is CC(=O)NC[C@H]1CN(c2ccc(-c3ccc(Cn4cnc5c(NCC(F)(F)F)ncnc54)cc3)c(F)c2)C(=O)O1. The Bertz CT molecular complexity index is 1560. The summed E-state index contributed by atoms with van der Waals surface area (Å²) in [6.07, 6.45) is -2.92. The van der Waals surface area contributed by atoms with Crippen LogP contribution in [0, 0.1) is 5.82 Å². The molecule has 1 saturated heterocycles. The lowest BCUT2D eigenvalue weighted by molar-refractivity contribution is -0.119. The number of aromatic nitrogens is 4. The first kappa shape index (κ1) is 26.8. The molecule has 4 aromatic rings. The van der Waals surface area contributed by atoms with Gasteiger partial charge in [0.15, 0.2) is 11.5 Å². The minimum absolute atomic E-state index is 0.0132. The van der Waals surface area contributed by atoms with Crippen molar-refractivity contribution < 1.29 is 31.9 Å². The minimum Gasteiger partial charge on any atom is -0.442 e. The van der Waals surface area contributed by atoms with E-state index in [1.807, 2.05) is 0 Å². The highest BCUT2D eigenvalue weighted by atomic mass is 19.4. The molecule has 1 aliphatic heterocycles. The van der Waals surface area contributed by atoms with Crippen LogP contribution in [0.1, 0.15) is 12.5 Å². The summed E-state index contributed by atoms with van der Waals surface area (Å²) in [5.74, 6) is -0.783. The number of cyclic esters (lactones) is 1. The van der Waals surface area contributed by atoms with E-state index in [0.717, 1.165) is 5.56 Å². The van der Waals surface area contributed by atoms with Gasteiger partial charge >= 0.3 is 12.3 Å². The number of amides is 2. The number of rotatable bonds is 8. The first-order valence-corrected chi connectivity index (χ1v) is 12.2. The second-order valence-corrected chi connectivity index (χ2v) is 9.15. The molecule has 5 rings (SSSR count). The number of alkyl halides is 3. The molecule has 0 unspecified atom stereocenters. The van der Waals surface area contributed by atoms with E-state index >= 15 is 4.39 Å². The van der Waals surface area contributed by atoms with Gasteiger partial charge in [-0.2, -0.15) is 13.2 Å². The highest BCUT2D eigenvalue weighted by Gasteiger charge is 2.33. The van der Waals surface area contributed by atoms with Crippen molar-refractivity contribution in [1.82, 2.24) is 24.8 Å². The Balaban J connectivity index is 1.28. The molecule has 40 heavy (non-hydrogen) atoms. The van der Waals surface area contributed by atoms with Gasteiger partial charge in [0.05, 0.1) is 31.6 Å². The Kier molecular flexibility index (Phi) is 7.24. The predicted octanol–water partition coefficient (Wildman–Crippen LogP) is 4.12. The number of anilines is 2. The summed E-state index contributed by atoms with van der Waals surface area (Å²) in [5.41, 5.74) is 2.69. The third-order valence-corrected chi connectivity index (χ3v) is 6.19. The zero-order chi connectivity index (χ0) is 28.4. The normalized spacial score (nSPS) is 15.4. The van der Waals surface area contributed by atoms with E-state index in [0.29, 0.717) is 29.0 Å². The van der Waals surface area contributed by atoms with Gasteiger partial charge < -0.3 is 19.9 Å². The van der Waals surface area contributed by atoms with Crippen molar-refractivity contribution in [3.63, 3.8) is 0 Å². The molecule has 1 aliphatic rings. The van der Waals surface area contributed by atoms with Crippen LogP contribution in [-0.2, 0) is 16.1 Å². The molecule has 0 spiro atoms. The number of nitrogens with zero attached hydrogens (tertiary/aromatic N) is 5. The van der Waals surface area contributed by atoms with Gasteiger partial charge in [-0.3, -0.25) is 9.69 Å². The molecule has 2 aromatic carbocycles. The molecule has 208 valence electrons. The monoisotopic (exact) mass is 557 g/mol. The highest BCUT2D eigenvalue weighted by molar-refractivity contribution is 5.90. The maximum Gasteiger partial charge on any atom is 0.414 e. The van der Waals surface area contributed by atoms with Crippen LogP contribution in [0.2, 0.25) is 0 Å². The number of hydrogen-bond acceptors (Lipinski definition) is 7. The van der Waals surface area contributed by atoms with Crippen LogP contribution in [0.5, 0.6) is 0 Å². The van der Waals surface area contributed by atoms with Crippen molar-refractivity contribution >= 4 is 34.7 Å². The van der Waals surface area contributed by atoms with Crippen LogP contribution < -0.4 is 15.5 Å². The number of carbonyl (C=O) groups is 2. The number of carbonyl (C=O) groups excluding carboxylic acids is 2. The number of hydrogen-bond donors (Lipinski definition) is 2. The van der Waals surface area contributed by atoms with Gasteiger partial charge in [-0.15, -0.1) is 0 Å². The van der Waals surface area contributed by atoms with Crippen molar-refractivity contribution in [2.75, 3.05) is 29.9 Å².